The van der Waals surface area contributed by atoms with Crippen molar-refractivity contribution in [2.24, 2.45) is 13.0 Å². The van der Waals surface area contributed by atoms with Gasteiger partial charge in [0.1, 0.15) is 11.7 Å². The molecule has 318 valence electrons. The fourth-order valence-electron chi connectivity index (χ4n) is 9.18. The molecule has 1 unspecified atom stereocenters. The van der Waals surface area contributed by atoms with Gasteiger partial charge in [-0.05, 0) is 102 Å². The van der Waals surface area contributed by atoms with Crippen LogP contribution in [-0.4, -0.2) is 84.5 Å². The highest BCUT2D eigenvalue weighted by molar-refractivity contribution is 7.18. The number of aromatic nitrogens is 5. The topological polar surface area (TPSA) is 168 Å². The van der Waals surface area contributed by atoms with Gasteiger partial charge in [-0.3, -0.25) is 28.8 Å². The van der Waals surface area contributed by atoms with Crippen LogP contribution < -0.4 is 21.2 Å². The molecule has 2 aliphatic heterocycles. The van der Waals surface area contributed by atoms with E-state index in [1.54, 1.807) is 37.6 Å². The molecule has 5 aromatic rings. The van der Waals surface area contributed by atoms with E-state index in [2.05, 4.69) is 37.4 Å². The average Bonchev–Trinajstić information content (AvgIpc) is 3.74. The highest BCUT2D eigenvalue weighted by Crippen LogP contribution is 2.42. The van der Waals surface area contributed by atoms with Gasteiger partial charge in [-0.1, -0.05) is 6.07 Å². The molecular weight excluding hydrogens is 800 g/mol. The fourth-order valence-corrected chi connectivity index (χ4v) is 10.3. The molecule has 1 atom stereocenters. The minimum absolute atomic E-state index is 0.193. The van der Waals surface area contributed by atoms with Gasteiger partial charge in [-0.2, -0.15) is 13.2 Å². The molecule has 3 aromatic heterocycles. The average molecular weight is 848 g/mol. The van der Waals surface area contributed by atoms with E-state index in [0.29, 0.717) is 35.0 Å². The Morgan fingerprint density at radius 3 is 2.43 bits per heavy atom. The van der Waals surface area contributed by atoms with Crippen molar-refractivity contribution in [3.8, 4) is 0 Å². The summed E-state index contributed by atoms with van der Waals surface area (Å²) in [5.41, 5.74) is 1.69. The van der Waals surface area contributed by atoms with E-state index in [9.17, 15) is 37.5 Å². The second kappa shape index (κ2) is 16.0. The fraction of sp³-hybridized carbons (Fsp3) is 0.500. The number of anilines is 2. The zero-order valence-electron chi connectivity index (χ0n) is 33.9. The molecule has 3 N–H and O–H groups in total. The first-order valence-corrected chi connectivity index (χ1v) is 21.2. The molecule has 3 fully saturated rings. The lowest BCUT2D eigenvalue weighted by atomic mass is 9.82. The van der Waals surface area contributed by atoms with Crippen molar-refractivity contribution in [3.05, 3.63) is 75.2 Å². The number of hydrogen-bond acceptors (Lipinski definition) is 11. The van der Waals surface area contributed by atoms with Crippen molar-refractivity contribution in [1.82, 2.24) is 34.3 Å². The van der Waals surface area contributed by atoms with Gasteiger partial charge in [-0.25, -0.2) is 19.7 Å². The number of imidazole rings is 1. The number of aliphatic hydroxyl groups is 1. The van der Waals surface area contributed by atoms with Gasteiger partial charge in [0.2, 0.25) is 17.6 Å². The van der Waals surface area contributed by atoms with E-state index >= 15 is 0 Å². The first kappa shape index (κ1) is 41.5. The predicted molar refractivity (Wildman–Crippen MR) is 221 cm³/mol. The second-order valence-corrected chi connectivity index (χ2v) is 18.0. The van der Waals surface area contributed by atoms with Crippen LogP contribution in [0, 0.1) is 5.92 Å². The standard InChI is InChI=1S/C42H48F3N9O5S/c1-41(2,59)26-20-29-33(21-28(26)47-36(56)27-14-17-46-39(49-27)42(43,44)45)60-38(48-29)24-10-8-23(9-11-24)22-51(3)25-15-18-53(19-16-25)30-6-5-7-31-35(30)52(4)40(58)54(31)32-12-13-34(55)50-37(32)57/h5-7,14,17,20-21,23-25,32,59H,8-13,15-16,18-19,22H2,1-4H3,(H,47,56)(H,50,55,57). The number of hydrogen-bond donors (Lipinski definition) is 3. The number of nitrogens with zero attached hydrogens (tertiary/aromatic N) is 7. The number of imide groups is 1. The maximum atomic E-state index is 13.5. The number of thiazole rings is 1. The molecule has 8 rings (SSSR count). The Bertz CT molecular complexity index is 2530. The van der Waals surface area contributed by atoms with Crippen LogP contribution in [0.1, 0.15) is 104 Å². The lowest BCUT2D eigenvalue weighted by Crippen LogP contribution is -2.45. The third-order valence-corrected chi connectivity index (χ3v) is 13.5. The number of fused-ring (bicyclic) bond motifs is 2. The van der Waals surface area contributed by atoms with Crippen molar-refractivity contribution < 1.29 is 32.7 Å². The molecule has 1 aliphatic carbocycles. The third-order valence-electron chi connectivity index (χ3n) is 12.4. The minimum Gasteiger partial charge on any atom is -0.386 e. The smallest absolute Gasteiger partial charge is 0.386 e. The van der Waals surface area contributed by atoms with Crippen LogP contribution in [0.3, 0.4) is 0 Å². The number of alkyl halides is 3. The van der Waals surface area contributed by atoms with E-state index < -0.39 is 41.2 Å². The number of carbonyl (C=O) groups is 3. The number of halogens is 3. The van der Waals surface area contributed by atoms with E-state index in [-0.39, 0.29) is 29.6 Å². The molecule has 3 aliphatic rings. The zero-order chi connectivity index (χ0) is 42.7. The van der Waals surface area contributed by atoms with Crippen LogP contribution in [0.15, 0.2) is 47.4 Å². The summed E-state index contributed by atoms with van der Waals surface area (Å²) in [5.74, 6) is -2.22. The summed E-state index contributed by atoms with van der Waals surface area (Å²) in [6, 6.07) is 10.1. The number of rotatable bonds is 9. The van der Waals surface area contributed by atoms with E-state index in [4.69, 9.17) is 4.98 Å². The quantitative estimate of drug-likeness (QED) is 0.148. The van der Waals surface area contributed by atoms with Crippen molar-refractivity contribution in [3.63, 3.8) is 0 Å². The normalized spacial score (nSPS) is 20.9. The van der Waals surface area contributed by atoms with Crippen molar-refractivity contribution in [2.45, 2.75) is 95.0 Å². The Morgan fingerprint density at radius 2 is 1.75 bits per heavy atom. The van der Waals surface area contributed by atoms with Gasteiger partial charge < -0.3 is 20.2 Å². The minimum atomic E-state index is -4.80. The number of benzene rings is 2. The van der Waals surface area contributed by atoms with Gasteiger partial charge in [0.05, 0.1) is 37.5 Å². The van der Waals surface area contributed by atoms with Crippen LogP contribution in [0.25, 0.3) is 21.3 Å². The first-order chi connectivity index (χ1) is 28.5. The SMILES string of the molecule is CN(CC1CCC(c2nc3cc(C(C)(C)O)c(NC(=O)c4ccnc(C(F)(F)F)n4)cc3s2)CC1)C1CCN(c2cccc3c2n(C)c(=O)n3C2CCC(=O)NC2=O)CC1. The van der Waals surface area contributed by atoms with Gasteiger partial charge in [0.25, 0.3) is 5.91 Å². The van der Waals surface area contributed by atoms with Crippen LogP contribution in [-0.2, 0) is 28.4 Å². The molecule has 60 heavy (non-hydrogen) atoms. The summed E-state index contributed by atoms with van der Waals surface area (Å²) in [7, 11) is 3.95. The molecule has 2 aromatic carbocycles. The molecule has 0 radical (unpaired) electrons. The third kappa shape index (κ3) is 8.16. The van der Waals surface area contributed by atoms with Crippen molar-refractivity contribution >= 4 is 61.7 Å². The lowest BCUT2D eigenvalue weighted by molar-refractivity contribution is -0.145. The largest absolute Gasteiger partial charge is 0.451 e. The highest BCUT2D eigenvalue weighted by Gasteiger charge is 2.36. The molecule has 3 amide bonds. The highest BCUT2D eigenvalue weighted by atomic mass is 32.1. The Morgan fingerprint density at radius 1 is 1.02 bits per heavy atom. The van der Waals surface area contributed by atoms with E-state index in [1.807, 2.05) is 18.2 Å². The van der Waals surface area contributed by atoms with Crippen LogP contribution in [0.4, 0.5) is 24.5 Å². The molecular formula is C42H48F3N9O5S. The van der Waals surface area contributed by atoms with Crippen molar-refractivity contribution in [2.75, 3.05) is 36.9 Å². The van der Waals surface area contributed by atoms with Gasteiger partial charge in [0, 0.05) is 62.5 Å². The number of para-hydroxylation sites is 1. The second-order valence-electron chi connectivity index (χ2n) is 16.9. The Hall–Kier alpha value is -5.20. The van der Waals surface area contributed by atoms with Crippen LogP contribution >= 0.6 is 11.3 Å². The molecule has 0 spiro atoms. The summed E-state index contributed by atoms with van der Waals surface area (Å²) < 4.78 is 43.6. The van der Waals surface area contributed by atoms with Crippen LogP contribution in [0.2, 0.25) is 0 Å². The monoisotopic (exact) mass is 847 g/mol. The zero-order valence-corrected chi connectivity index (χ0v) is 34.7. The summed E-state index contributed by atoms with van der Waals surface area (Å²) in [6.45, 7) is 5.79. The Balaban J connectivity index is 0.885. The molecule has 18 heteroatoms. The Kier molecular flexibility index (Phi) is 11.1. The first-order valence-electron chi connectivity index (χ1n) is 20.3. The molecule has 14 nitrogen and oxygen atoms in total. The molecule has 0 bridgehead atoms. The maximum Gasteiger partial charge on any atom is 0.451 e. The lowest BCUT2D eigenvalue weighted by Gasteiger charge is -2.40. The number of carbonyl (C=O) groups excluding carboxylic acids is 3. The molecule has 5 heterocycles. The number of aryl methyl sites for hydroxylation is 1. The summed E-state index contributed by atoms with van der Waals surface area (Å²) in [5, 5.41) is 17.0. The van der Waals surface area contributed by atoms with Gasteiger partial charge >= 0.3 is 11.9 Å². The van der Waals surface area contributed by atoms with Gasteiger partial charge in [-0.15, -0.1) is 11.3 Å². The maximum absolute atomic E-state index is 13.5. The number of nitrogens with one attached hydrogen (secondary N) is 2. The predicted octanol–water partition coefficient (Wildman–Crippen LogP) is 6.09. The summed E-state index contributed by atoms with van der Waals surface area (Å²) in [4.78, 5) is 67.5. The summed E-state index contributed by atoms with van der Waals surface area (Å²) >= 11 is 1.53. The number of piperidine rings is 2. The van der Waals surface area contributed by atoms with Crippen molar-refractivity contribution in [1.29, 1.82) is 0 Å². The van der Waals surface area contributed by atoms with E-state index in [0.717, 1.165) is 91.3 Å². The van der Waals surface area contributed by atoms with Gasteiger partial charge in [0.15, 0.2) is 0 Å². The molecule has 2 saturated heterocycles. The Labute approximate surface area is 347 Å². The molecule has 1 saturated carbocycles. The van der Waals surface area contributed by atoms with E-state index in [1.165, 1.54) is 15.9 Å². The van der Waals surface area contributed by atoms with Crippen LogP contribution in [0.5, 0.6) is 0 Å². The number of amides is 3. The summed E-state index contributed by atoms with van der Waals surface area (Å²) in [6.07, 6.45) is 2.58.